The first-order chi connectivity index (χ1) is 16.3. The number of benzene rings is 1. The summed E-state index contributed by atoms with van der Waals surface area (Å²) < 4.78 is 0. The van der Waals surface area contributed by atoms with Crippen molar-refractivity contribution in [1.82, 2.24) is 0 Å². The summed E-state index contributed by atoms with van der Waals surface area (Å²) in [6.07, 6.45) is 17.5. The fourth-order valence-corrected chi connectivity index (χ4v) is 10.7. The summed E-state index contributed by atoms with van der Waals surface area (Å²) in [5.74, 6) is 7.19. The molecule has 0 saturated heterocycles. The van der Waals surface area contributed by atoms with Gasteiger partial charge in [-0.1, -0.05) is 78.5 Å². The highest BCUT2D eigenvalue weighted by atomic mass is 14.7. The van der Waals surface area contributed by atoms with E-state index in [-0.39, 0.29) is 0 Å². The van der Waals surface area contributed by atoms with E-state index in [1.54, 1.807) is 0 Å². The molecular formula is C33H53N. The number of rotatable bonds is 6. The largest absolute Gasteiger partial charge is 0.398 e. The SMILES string of the molecule is CC(C)CCCC(C)C1CCC2C3CCC4C(c5ccccc5N)CCCC4(C)C3CCC12C. The van der Waals surface area contributed by atoms with E-state index in [9.17, 15) is 0 Å². The molecule has 0 aliphatic heterocycles. The van der Waals surface area contributed by atoms with Gasteiger partial charge in [-0.3, -0.25) is 0 Å². The zero-order valence-electron chi connectivity index (χ0n) is 23.0. The molecule has 1 heteroatoms. The number of hydrogen-bond acceptors (Lipinski definition) is 1. The van der Waals surface area contributed by atoms with Gasteiger partial charge in [0.05, 0.1) is 0 Å². The molecule has 0 spiro atoms. The zero-order chi connectivity index (χ0) is 24.1. The molecule has 4 fully saturated rings. The average molecular weight is 464 g/mol. The molecule has 9 atom stereocenters. The number of hydrogen-bond donors (Lipinski definition) is 1. The second-order valence-electron chi connectivity index (χ2n) is 14.2. The molecule has 0 heterocycles. The van der Waals surface area contributed by atoms with Crippen molar-refractivity contribution in [2.24, 2.45) is 52.3 Å². The Labute approximate surface area is 211 Å². The van der Waals surface area contributed by atoms with Gasteiger partial charge < -0.3 is 5.73 Å². The van der Waals surface area contributed by atoms with Crippen LogP contribution in [0, 0.1) is 52.3 Å². The van der Waals surface area contributed by atoms with Crippen LogP contribution in [0.3, 0.4) is 0 Å². The van der Waals surface area contributed by atoms with Gasteiger partial charge in [-0.05, 0) is 121 Å². The van der Waals surface area contributed by atoms with Gasteiger partial charge in [0.15, 0.2) is 0 Å². The van der Waals surface area contributed by atoms with E-state index >= 15 is 0 Å². The van der Waals surface area contributed by atoms with Gasteiger partial charge in [-0.15, -0.1) is 0 Å². The molecule has 0 amide bonds. The van der Waals surface area contributed by atoms with Gasteiger partial charge in [-0.25, -0.2) is 0 Å². The number of para-hydroxylation sites is 1. The number of nitrogens with two attached hydrogens (primary N) is 1. The van der Waals surface area contributed by atoms with Crippen LogP contribution >= 0.6 is 0 Å². The van der Waals surface area contributed by atoms with Crippen molar-refractivity contribution in [2.45, 2.75) is 118 Å². The highest BCUT2D eigenvalue weighted by Crippen LogP contribution is 2.69. The smallest absolute Gasteiger partial charge is 0.0349 e. The minimum atomic E-state index is 0.524. The van der Waals surface area contributed by atoms with Crippen LogP contribution in [0.5, 0.6) is 0 Å². The second kappa shape index (κ2) is 9.48. The molecule has 1 nitrogen and oxygen atoms in total. The third-order valence-electron chi connectivity index (χ3n) is 12.3. The normalized spacial score (nSPS) is 42.6. The Morgan fingerprint density at radius 2 is 1.56 bits per heavy atom. The third kappa shape index (κ3) is 4.06. The van der Waals surface area contributed by atoms with Crippen molar-refractivity contribution >= 4 is 5.69 Å². The van der Waals surface area contributed by atoms with Gasteiger partial charge in [0, 0.05) is 5.69 Å². The van der Waals surface area contributed by atoms with Crippen LogP contribution in [0.15, 0.2) is 24.3 Å². The fourth-order valence-electron chi connectivity index (χ4n) is 10.7. The standard InChI is InChI=1S/C33H53N/c1-22(2)10-8-11-23(3)27-17-18-29-26-15-16-28-24(25-12-6-7-14-31(25)34)13-9-20-32(28,4)30(26)19-21-33(27,29)5/h6-7,12,14,22-24,26-30H,8-11,13,15-21,34H2,1-5H3. The van der Waals surface area contributed by atoms with Gasteiger partial charge in [0.2, 0.25) is 0 Å². The molecule has 0 radical (unpaired) electrons. The predicted octanol–water partition coefficient (Wildman–Crippen LogP) is 9.47. The Hall–Kier alpha value is -0.980. The van der Waals surface area contributed by atoms with E-state index in [4.69, 9.17) is 5.73 Å². The van der Waals surface area contributed by atoms with Crippen LogP contribution < -0.4 is 5.73 Å². The maximum Gasteiger partial charge on any atom is 0.0349 e. The molecule has 0 aromatic heterocycles. The summed E-state index contributed by atoms with van der Waals surface area (Å²) in [7, 11) is 0. The van der Waals surface area contributed by atoms with Crippen LogP contribution in [-0.2, 0) is 0 Å². The lowest BCUT2D eigenvalue weighted by molar-refractivity contribution is -0.120. The Bertz CT molecular complexity index is 843. The quantitative estimate of drug-likeness (QED) is 0.418. The third-order valence-corrected chi connectivity index (χ3v) is 12.3. The van der Waals surface area contributed by atoms with Gasteiger partial charge in [0.25, 0.3) is 0 Å². The fraction of sp³-hybridized carbons (Fsp3) is 0.818. The van der Waals surface area contributed by atoms with Gasteiger partial charge >= 0.3 is 0 Å². The Morgan fingerprint density at radius 1 is 0.824 bits per heavy atom. The molecule has 34 heavy (non-hydrogen) atoms. The lowest BCUT2D eigenvalue weighted by Gasteiger charge is -2.62. The molecule has 4 aliphatic rings. The monoisotopic (exact) mass is 463 g/mol. The molecule has 4 saturated carbocycles. The van der Waals surface area contributed by atoms with Gasteiger partial charge in [-0.2, -0.15) is 0 Å². The van der Waals surface area contributed by atoms with Crippen molar-refractivity contribution in [2.75, 3.05) is 5.73 Å². The van der Waals surface area contributed by atoms with E-state index in [1.165, 1.54) is 82.6 Å². The second-order valence-corrected chi connectivity index (χ2v) is 14.2. The van der Waals surface area contributed by atoms with Gasteiger partial charge in [0.1, 0.15) is 0 Å². The number of nitrogen functional groups attached to an aromatic ring is 1. The minimum Gasteiger partial charge on any atom is -0.398 e. The summed E-state index contributed by atoms with van der Waals surface area (Å²) >= 11 is 0. The minimum absolute atomic E-state index is 0.524. The predicted molar refractivity (Wildman–Crippen MR) is 147 cm³/mol. The lowest BCUT2D eigenvalue weighted by atomic mass is 9.43. The highest BCUT2D eigenvalue weighted by Gasteiger charge is 2.61. The Balaban J connectivity index is 1.34. The average Bonchev–Trinajstić information content (AvgIpc) is 3.15. The summed E-state index contributed by atoms with van der Waals surface area (Å²) in [5.41, 5.74) is 10.2. The van der Waals surface area contributed by atoms with Crippen LogP contribution in [0.2, 0.25) is 0 Å². The van der Waals surface area contributed by atoms with E-state index in [0.29, 0.717) is 16.7 Å². The molecule has 1 aromatic rings. The zero-order valence-corrected chi connectivity index (χ0v) is 23.0. The molecule has 9 unspecified atom stereocenters. The summed E-state index contributed by atoms with van der Waals surface area (Å²) in [5, 5.41) is 0. The van der Waals surface area contributed by atoms with E-state index in [0.717, 1.165) is 47.1 Å². The van der Waals surface area contributed by atoms with Crippen molar-refractivity contribution in [3.8, 4) is 0 Å². The molecule has 2 N–H and O–H groups in total. The van der Waals surface area contributed by atoms with Crippen molar-refractivity contribution in [3.63, 3.8) is 0 Å². The van der Waals surface area contributed by atoms with E-state index in [1.807, 2.05) is 0 Å². The highest BCUT2D eigenvalue weighted by molar-refractivity contribution is 5.49. The first kappa shape index (κ1) is 24.7. The Kier molecular flexibility index (Phi) is 6.89. The van der Waals surface area contributed by atoms with Crippen LogP contribution in [0.1, 0.15) is 123 Å². The van der Waals surface area contributed by atoms with Crippen molar-refractivity contribution in [1.29, 1.82) is 0 Å². The maximum atomic E-state index is 6.53. The number of fused-ring (bicyclic) bond motifs is 5. The topological polar surface area (TPSA) is 26.0 Å². The summed E-state index contributed by atoms with van der Waals surface area (Å²) in [4.78, 5) is 0. The molecule has 0 bridgehead atoms. The maximum absolute atomic E-state index is 6.53. The van der Waals surface area contributed by atoms with E-state index in [2.05, 4.69) is 58.9 Å². The van der Waals surface area contributed by atoms with Crippen molar-refractivity contribution in [3.05, 3.63) is 29.8 Å². The van der Waals surface area contributed by atoms with Crippen molar-refractivity contribution < 1.29 is 0 Å². The van der Waals surface area contributed by atoms with Crippen LogP contribution in [-0.4, -0.2) is 0 Å². The van der Waals surface area contributed by atoms with Crippen LogP contribution in [0.25, 0.3) is 0 Å². The lowest BCUT2D eigenvalue weighted by Crippen LogP contribution is -2.54. The molecular weight excluding hydrogens is 410 g/mol. The molecule has 4 aliphatic carbocycles. The summed E-state index contributed by atoms with van der Waals surface area (Å²) in [6.45, 7) is 12.9. The summed E-state index contributed by atoms with van der Waals surface area (Å²) in [6, 6.07) is 8.81. The molecule has 1 aromatic carbocycles. The first-order valence-corrected chi connectivity index (χ1v) is 15.1. The Morgan fingerprint density at radius 3 is 2.32 bits per heavy atom. The number of anilines is 1. The van der Waals surface area contributed by atoms with Crippen LogP contribution in [0.4, 0.5) is 5.69 Å². The first-order valence-electron chi connectivity index (χ1n) is 15.1. The van der Waals surface area contributed by atoms with E-state index < -0.39 is 0 Å². The molecule has 5 rings (SSSR count). The molecule has 190 valence electrons.